The first-order valence-corrected chi connectivity index (χ1v) is 7.74. The number of ether oxygens (including phenoxy) is 2. The minimum atomic E-state index is 0.356. The van der Waals surface area contributed by atoms with Crippen molar-refractivity contribution < 1.29 is 14.0 Å². The summed E-state index contributed by atoms with van der Waals surface area (Å²) in [6.07, 6.45) is 2.36. The molecular formula is C17H22N2O3. The van der Waals surface area contributed by atoms with Crippen LogP contribution in [0.3, 0.4) is 0 Å². The van der Waals surface area contributed by atoms with Gasteiger partial charge in [0.15, 0.2) is 5.76 Å². The fourth-order valence-electron chi connectivity index (χ4n) is 2.53. The van der Waals surface area contributed by atoms with Crippen molar-refractivity contribution in [2.75, 3.05) is 26.7 Å². The number of likely N-dealkylation sites (tertiary alicyclic amines) is 1. The van der Waals surface area contributed by atoms with Crippen LogP contribution in [0.2, 0.25) is 0 Å². The van der Waals surface area contributed by atoms with E-state index in [-0.39, 0.29) is 0 Å². The van der Waals surface area contributed by atoms with E-state index in [2.05, 4.69) is 17.1 Å². The smallest absolute Gasteiger partial charge is 0.254 e. The summed E-state index contributed by atoms with van der Waals surface area (Å²) >= 11 is 0. The SMILES string of the molecule is CN1CCC(COc2cc(COc3ccccc3)on2)CC1. The second-order valence-electron chi connectivity index (χ2n) is 5.79. The van der Waals surface area contributed by atoms with Gasteiger partial charge in [0.2, 0.25) is 0 Å². The molecule has 5 nitrogen and oxygen atoms in total. The topological polar surface area (TPSA) is 47.7 Å². The van der Waals surface area contributed by atoms with Crippen LogP contribution in [-0.4, -0.2) is 36.8 Å². The van der Waals surface area contributed by atoms with E-state index in [0.29, 0.717) is 30.8 Å². The Hall–Kier alpha value is -2.01. The third-order valence-corrected chi connectivity index (χ3v) is 3.97. The third-order valence-electron chi connectivity index (χ3n) is 3.97. The lowest BCUT2D eigenvalue weighted by Crippen LogP contribution is -2.32. The molecule has 0 N–H and O–H groups in total. The molecular weight excluding hydrogens is 280 g/mol. The predicted octanol–water partition coefficient (Wildman–Crippen LogP) is 2.97. The number of piperidine rings is 1. The van der Waals surface area contributed by atoms with Gasteiger partial charge in [0.25, 0.3) is 5.88 Å². The highest BCUT2D eigenvalue weighted by Gasteiger charge is 2.18. The zero-order valence-electron chi connectivity index (χ0n) is 12.9. The third kappa shape index (κ3) is 4.24. The quantitative estimate of drug-likeness (QED) is 0.821. The van der Waals surface area contributed by atoms with Gasteiger partial charge in [-0.2, -0.15) is 0 Å². The van der Waals surface area contributed by atoms with Crippen LogP contribution in [0.15, 0.2) is 40.9 Å². The standard InChI is InChI=1S/C17H22N2O3/c1-19-9-7-14(8-10-19)12-21-17-11-16(22-18-17)13-20-15-5-3-2-4-6-15/h2-6,11,14H,7-10,12-13H2,1H3. The van der Waals surface area contributed by atoms with Gasteiger partial charge >= 0.3 is 0 Å². The zero-order chi connectivity index (χ0) is 15.2. The number of hydrogen-bond donors (Lipinski definition) is 0. The molecule has 0 radical (unpaired) electrons. The summed E-state index contributed by atoms with van der Waals surface area (Å²) in [7, 11) is 2.16. The van der Waals surface area contributed by atoms with E-state index in [0.717, 1.165) is 18.8 Å². The number of hydrogen-bond acceptors (Lipinski definition) is 5. The molecule has 0 spiro atoms. The van der Waals surface area contributed by atoms with Crippen LogP contribution in [0.25, 0.3) is 0 Å². The van der Waals surface area contributed by atoms with Crippen LogP contribution in [-0.2, 0) is 6.61 Å². The van der Waals surface area contributed by atoms with Crippen molar-refractivity contribution in [3.05, 3.63) is 42.2 Å². The van der Waals surface area contributed by atoms with E-state index in [9.17, 15) is 0 Å². The first-order chi connectivity index (χ1) is 10.8. The Labute approximate surface area is 130 Å². The molecule has 2 heterocycles. The maximum Gasteiger partial charge on any atom is 0.254 e. The van der Waals surface area contributed by atoms with E-state index >= 15 is 0 Å². The van der Waals surface area contributed by atoms with Gasteiger partial charge < -0.3 is 18.9 Å². The van der Waals surface area contributed by atoms with Gasteiger partial charge in [0.1, 0.15) is 12.4 Å². The van der Waals surface area contributed by atoms with Crippen molar-refractivity contribution in [3.63, 3.8) is 0 Å². The van der Waals surface area contributed by atoms with Crippen molar-refractivity contribution in [1.29, 1.82) is 0 Å². The largest absolute Gasteiger partial charge is 0.486 e. The molecule has 0 atom stereocenters. The summed E-state index contributed by atoms with van der Waals surface area (Å²) in [4.78, 5) is 2.35. The number of aromatic nitrogens is 1. The molecule has 1 aromatic heterocycles. The van der Waals surface area contributed by atoms with Gasteiger partial charge in [-0.15, -0.1) is 0 Å². The molecule has 1 aliphatic rings. The fraction of sp³-hybridized carbons (Fsp3) is 0.471. The van der Waals surface area contributed by atoms with Gasteiger partial charge in [-0.3, -0.25) is 0 Å². The van der Waals surface area contributed by atoms with Crippen molar-refractivity contribution >= 4 is 0 Å². The number of nitrogens with zero attached hydrogens (tertiary/aromatic N) is 2. The van der Waals surface area contributed by atoms with E-state index in [1.54, 1.807) is 6.07 Å². The first-order valence-electron chi connectivity index (χ1n) is 7.74. The molecule has 22 heavy (non-hydrogen) atoms. The van der Waals surface area contributed by atoms with Crippen LogP contribution in [0.1, 0.15) is 18.6 Å². The minimum Gasteiger partial charge on any atom is -0.486 e. The predicted molar refractivity (Wildman–Crippen MR) is 83.0 cm³/mol. The van der Waals surface area contributed by atoms with Crippen LogP contribution in [0, 0.1) is 5.92 Å². The lowest BCUT2D eigenvalue weighted by molar-refractivity contribution is 0.152. The minimum absolute atomic E-state index is 0.356. The summed E-state index contributed by atoms with van der Waals surface area (Å²) in [5.41, 5.74) is 0. The van der Waals surface area contributed by atoms with Crippen LogP contribution in [0.4, 0.5) is 0 Å². The molecule has 2 aromatic rings. The molecule has 0 unspecified atom stereocenters. The maximum absolute atomic E-state index is 5.73. The van der Waals surface area contributed by atoms with Gasteiger partial charge in [0.05, 0.1) is 6.61 Å². The van der Waals surface area contributed by atoms with Crippen LogP contribution in [0.5, 0.6) is 11.6 Å². The second kappa shape index (κ2) is 7.31. The number of para-hydroxylation sites is 1. The molecule has 1 aromatic carbocycles. The van der Waals surface area contributed by atoms with E-state index in [1.807, 2.05) is 30.3 Å². The van der Waals surface area contributed by atoms with Crippen molar-refractivity contribution in [3.8, 4) is 11.6 Å². The van der Waals surface area contributed by atoms with E-state index in [4.69, 9.17) is 14.0 Å². The Balaban J connectivity index is 1.43. The Morgan fingerprint density at radius 3 is 2.73 bits per heavy atom. The molecule has 0 saturated carbocycles. The first kappa shape index (κ1) is 14.9. The summed E-state index contributed by atoms with van der Waals surface area (Å²) in [5, 5.41) is 3.94. The van der Waals surface area contributed by atoms with E-state index < -0.39 is 0 Å². The fourth-order valence-corrected chi connectivity index (χ4v) is 2.53. The molecule has 1 fully saturated rings. The number of benzene rings is 1. The Bertz CT molecular complexity index is 562. The highest BCUT2D eigenvalue weighted by atomic mass is 16.5. The zero-order valence-corrected chi connectivity index (χ0v) is 12.9. The normalized spacial score (nSPS) is 16.6. The summed E-state index contributed by atoms with van der Waals surface area (Å²) < 4.78 is 16.6. The van der Waals surface area contributed by atoms with E-state index in [1.165, 1.54) is 12.8 Å². The summed E-state index contributed by atoms with van der Waals surface area (Å²) in [6.45, 7) is 3.35. The molecule has 1 saturated heterocycles. The van der Waals surface area contributed by atoms with Crippen LogP contribution >= 0.6 is 0 Å². The molecule has 1 aliphatic heterocycles. The van der Waals surface area contributed by atoms with Gasteiger partial charge in [-0.1, -0.05) is 18.2 Å². The molecule has 0 bridgehead atoms. The van der Waals surface area contributed by atoms with Crippen molar-refractivity contribution in [2.45, 2.75) is 19.4 Å². The van der Waals surface area contributed by atoms with Crippen LogP contribution < -0.4 is 9.47 Å². The van der Waals surface area contributed by atoms with Gasteiger partial charge in [0, 0.05) is 6.07 Å². The molecule has 0 amide bonds. The highest BCUT2D eigenvalue weighted by molar-refractivity contribution is 5.21. The molecule has 3 rings (SSSR count). The molecule has 118 valence electrons. The second-order valence-corrected chi connectivity index (χ2v) is 5.79. The van der Waals surface area contributed by atoms with Gasteiger partial charge in [-0.05, 0) is 56.2 Å². The van der Waals surface area contributed by atoms with Crippen molar-refractivity contribution in [1.82, 2.24) is 10.1 Å². The summed E-state index contributed by atoms with van der Waals surface area (Å²) in [5.74, 6) is 2.64. The number of rotatable bonds is 6. The Kier molecular flexibility index (Phi) is 4.96. The maximum atomic E-state index is 5.73. The van der Waals surface area contributed by atoms with Crippen molar-refractivity contribution in [2.24, 2.45) is 5.92 Å². The molecule has 5 heteroatoms. The Morgan fingerprint density at radius 2 is 1.95 bits per heavy atom. The lowest BCUT2D eigenvalue weighted by atomic mass is 9.98. The monoisotopic (exact) mass is 302 g/mol. The lowest BCUT2D eigenvalue weighted by Gasteiger charge is -2.28. The molecule has 0 aliphatic carbocycles. The summed E-state index contributed by atoms with van der Waals surface area (Å²) in [6, 6.07) is 11.5. The van der Waals surface area contributed by atoms with Gasteiger partial charge in [-0.25, -0.2) is 0 Å². The highest BCUT2D eigenvalue weighted by Crippen LogP contribution is 2.19. The Morgan fingerprint density at radius 1 is 1.18 bits per heavy atom. The average molecular weight is 302 g/mol. The average Bonchev–Trinajstić information content (AvgIpc) is 3.01.